The van der Waals surface area contributed by atoms with E-state index in [0.717, 1.165) is 12.8 Å². The Morgan fingerprint density at radius 3 is 2.14 bits per heavy atom. The summed E-state index contributed by atoms with van der Waals surface area (Å²) >= 11 is 0. The number of unbranched alkanes of at least 4 members (excludes halogenated alkanes) is 5. The number of morpholine rings is 1. The summed E-state index contributed by atoms with van der Waals surface area (Å²) in [6.07, 6.45) is 8.97. The fraction of sp³-hybridized carbons (Fsp3) is 0.567. The molecule has 5 rings (SSSR count). The molecule has 2 saturated heterocycles. The zero-order chi connectivity index (χ0) is 24.3. The van der Waals surface area contributed by atoms with Crippen LogP contribution >= 0.6 is 0 Å². The number of rotatable bonds is 9. The first-order valence-electron chi connectivity index (χ1n) is 13.5. The quantitative estimate of drug-likeness (QED) is 0.432. The Kier molecular flexibility index (Phi) is 7.45. The van der Waals surface area contributed by atoms with Gasteiger partial charge in [-0.25, -0.2) is 4.79 Å². The second-order valence-electron chi connectivity index (χ2n) is 10.7. The number of carbonyl (C=O) groups is 1. The summed E-state index contributed by atoms with van der Waals surface area (Å²) in [5, 5.41) is 11.4. The molecule has 3 aliphatic rings. The van der Waals surface area contributed by atoms with Gasteiger partial charge >= 0.3 is 6.09 Å². The summed E-state index contributed by atoms with van der Waals surface area (Å²) in [7, 11) is 0. The first-order valence-corrected chi connectivity index (χ1v) is 13.5. The number of ether oxygens (including phenoxy) is 2. The number of carbonyl (C=O) groups excluding carboxylic acids is 1. The van der Waals surface area contributed by atoms with Crippen molar-refractivity contribution in [2.75, 3.05) is 19.8 Å². The van der Waals surface area contributed by atoms with E-state index in [4.69, 9.17) is 9.47 Å². The van der Waals surface area contributed by atoms with Gasteiger partial charge in [-0.1, -0.05) is 94.0 Å². The minimum atomic E-state index is -0.704. The maximum atomic E-state index is 13.3. The van der Waals surface area contributed by atoms with Crippen molar-refractivity contribution < 1.29 is 19.4 Å². The number of aliphatic hydroxyl groups is 1. The Hall–Kier alpha value is -2.37. The lowest BCUT2D eigenvalue weighted by Gasteiger charge is -2.51. The molecular weight excluding hydrogens is 438 g/mol. The van der Waals surface area contributed by atoms with Gasteiger partial charge in [0.1, 0.15) is 6.61 Å². The molecule has 0 spiro atoms. The predicted molar refractivity (Wildman–Crippen MR) is 137 cm³/mol. The first kappa shape index (κ1) is 24.3. The molecule has 2 aliphatic heterocycles. The third-order valence-electron chi connectivity index (χ3n) is 8.18. The second kappa shape index (κ2) is 10.7. The van der Waals surface area contributed by atoms with E-state index >= 15 is 0 Å². The van der Waals surface area contributed by atoms with Crippen molar-refractivity contribution in [2.45, 2.75) is 88.3 Å². The number of hydrogen-bond acceptors (Lipinski definition) is 4. The molecule has 2 unspecified atom stereocenters. The van der Waals surface area contributed by atoms with Crippen LogP contribution in [0.25, 0.3) is 11.1 Å². The van der Waals surface area contributed by atoms with E-state index in [1.165, 1.54) is 54.4 Å². The van der Waals surface area contributed by atoms with Gasteiger partial charge in [-0.05, 0) is 41.5 Å². The fourth-order valence-corrected chi connectivity index (χ4v) is 6.48. The predicted octanol–water partition coefficient (Wildman–Crippen LogP) is 6.28. The van der Waals surface area contributed by atoms with Gasteiger partial charge in [0.25, 0.3) is 0 Å². The summed E-state index contributed by atoms with van der Waals surface area (Å²) in [4.78, 5) is 15.2. The van der Waals surface area contributed by atoms with Gasteiger partial charge in [0.05, 0.1) is 30.9 Å². The van der Waals surface area contributed by atoms with E-state index in [1.54, 1.807) is 0 Å². The molecular formula is C30H39NO4. The van der Waals surface area contributed by atoms with Crippen LogP contribution in [0.15, 0.2) is 48.5 Å². The molecule has 1 N–H and O–H groups in total. The number of benzene rings is 2. The zero-order valence-corrected chi connectivity index (χ0v) is 21.0. The number of fused-ring (bicyclic) bond motifs is 5. The Labute approximate surface area is 209 Å². The maximum absolute atomic E-state index is 13.3. The molecule has 2 aromatic carbocycles. The summed E-state index contributed by atoms with van der Waals surface area (Å²) in [5.41, 5.74) is 4.19. The van der Waals surface area contributed by atoms with Crippen molar-refractivity contribution in [1.29, 1.82) is 0 Å². The van der Waals surface area contributed by atoms with Crippen LogP contribution in [0.2, 0.25) is 0 Å². The monoisotopic (exact) mass is 477 g/mol. The lowest BCUT2D eigenvalue weighted by atomic mass is 9.78. The highest BCUT2D eigenvalue weighted by Crippen LogP contribution is 2.45. The maximum Gasteiger partial charge on any atom is 0.410 e. The average Bonchev–Trinajstić information content (AvgIpc) is 3.18. The molecule has 1 aliphatic carbocycles. The van der Waals surface area contributed by atoms with Gasteiger partial charge in [-0.15, -0.1) is 0 Å². The number of amides is 1. The number of nitrogens with zero attached hydrogens (tertiary/aromatic N) is 1. The molecule has 0 saturated carbocycles. The third kappa shape index (κ3) is 5.12. The average molecular weight is 478 g/mol. The topological polar surface area (TPSA) is 59.0 Å². The van der Waals surface area contributed by atoms with Crippen LogP contribution in [0.3, 0.4) is 0 Å². The van der Waals surface area contributed by atoms with Crippen molar-refractivity contribution in [3.63, 3.8) is 0 Å². The Morgan fingerprint density at radius 1 is 0.943 bits per heavy atom. The van der Waals surface area contributed by atoms with E-state index in [9.17, 15) is 9.90 Å². The lowest BCUT2D eigenvalue weighted by Crippen LogP contribution is -2.63. The number of hydrogen-bond donors (Lipinski definition) is 1. The van der Waals surface area contributed by atoms with Gasteiger partial charge in [0.2, 0.25) is 0 Å². The van der Waals surface area contributed by atoms with Crippen molar-refractivity contribution in [3.05, 3.63) is 59.7 Å². The standard InChI is InChI=1S/C30H39NO4/c1-2-3-4-5-6-11-16-30(33)17-22-19-34-20-23(18-30)31(22)29(32)35-21-28-26-14-9-7-12-24(26)25-13-8-10-15-27(25)28/h7-10,12-15,22-23,28,33H,2-6,11,16-21H2,1H3. The van der Waals surface area contributed by atoms with Crippen molar-refractivity contribution in [2.24, 2.45) is 0 Å². The highest BCUT2D eigenvalue weighted by Gasteiger charge is 2.48. The van der Waals surface area contributed by atoms with Crippen LogP contribution in [-0.2, 0) is 9.47 Å². The largest absolute Gasteiger partial charge is 0.448 e. The lowest BCUT2D eigenvalue weighted by molar-refractivity contribution is -0.135. The van der Waals surface area contributed by atoms with Crippen LogP contribution in [0.1, 0.15) is 81.8 Å². The van der Waals surface area contributed by atoms with Crippen molar-refractivity contribution >= 4 is 6.09 Å². The van der Waals surface area contributed by atoms with Crippen molar-refractivity contribution in [3.8, 4) is 11.1 Å². The highest BCUT2D eigenvalue weighted by molar-refractivity contribution is 5.79. The molecule has 2 fully saturated rings. The minimum Gasteiger partial charge on any atom is -0.448 e. The van der Waals surface area contributed by atoms with Gasteiger partial charge in [0, 0.05) is 5.92 Å². The van der Waals surface area contributed by atoms with Crippen LogP contribution < -0.4 is 0 Å². The molecule has 2 atom stereocenters. The van der Waals surface area contributed by atoms with Crippen LogP contribution in [0, 0.1) is 0 Å². The molecule has 1 amide bonds. The molecule has 2 aromatic rings. The van der Waals surface area contributed by atoms with Gasteiger partial charge in [-0.2, -0.15) is 0 Å². The highest BCUT2D eigenvalue weighted by atomic mass is 16.6. The Balaban J connectivity index is 1.20. The second-order valence-corrected chi connectivity index (χ2v) is 10.7. The summed E-state index contributed by atoms with van der Waals surface area (Å²) in [6.45, 7) is 3.50. The molecule has 5 nitrogen and oxygen atoms in total. The number of piperidine rings is 1. The molecule has 188 valence electrons. The van der Waals surface area contributed by atoms with E-state index in [0.29, 0.717) is 32.7 Å². The summed E-state index contributed by atoms with van der Waals surface area (Å²) < 4.78 is 11.8. The van der Waals surface area contributed by atoms with Crippen LogP contribution in [0.5, 0.6) is 0 Å². The van der Waals surface area contributed by atoms with Gasteiger partial charge < -0.3 is 14.6 Å². The molecule has 5 heteroatoms. The smallest absolute Gasteiger partial charge is 0.410 e. The fourth-order valence-electron chi connectivity index (χ4n) is 6.48. The zero-order valence-electron chi connectivity index (χ0n) is 21.0. The van der Waals surface area contributed by atoms with Gasteiger partial charge in [0.15, 0.2) is 0 Å². The first-order chi connectivity index (χ1) is 17.1. The van der Waals surface area contributed by atoms with Gasteiger partial charge in [-0.3, -0.25) is 4.90 Å². The minimum absolute atomic E-state index is 0.0527. The molecule has 35 heavy (non-hydrogen) atoms. The van der Waals surface area contributed by atoms with Crippen LogP contribution in [0.4, 0.5) is 4.79 Å². The van der Waals surface area contributed by atoms with Crippen LogP contribution in [-0.4, -0.2) is 53.6 Å². The summed E-state index contributed by atoms with van der Waals surface area (Å²) in [5.74, 6) is 0.0527. The SMILES string of the molecule is CCCCCCCCC1(O)CC2COCC(C1)N2C(=O)OCC1c2ccccc2-c2ccccc21. The van der Waals surface area contributed by atoms with E-state index in [-0.39, 0.29) is 24.1 Å². The molecule has 2 bridgehead atoms. The Bertz CT molecular complexity index is 961. The van der Waals surface area contributed by atoms with Crippen molar-refractivity contribution in [1.82, 2.24) is 4.90 Å². The normalized spacial score (nSPS) is 25.3. The molecule has 0 aromatic heterocycles. The summed E-state index contributed by atoms with van der Waals surface area (Å²) in [6, 6.07) is 16.6. The Morgan fingerprint density at radius 2 is 1.51 bits per heavy atom. The van der Waals surface area contributed by atoms with E-state index in [1.807, 2.05) is 4.90 Å². The van der Waals surface area contributed by atoms with E-state index < -0.39 is 5.60 Å². The third-order valence-corrected chi connectivity index (χ3v) is 8.18. The molecule has 0 radical (unpaired) electrons. The van der Waals surface area contributed by atoms with E-state index in [2.05, 4.69) is 55.5 Å². The molecule has 2 heterocycles.